The van der Waals surface area contributed by atoms with Gasteiger partial charge in [-0.15, -0.1) is 13.2 Å². The van der Waals surface area contributed by atoms with Gasteiger partial charge in [0, 0.05) is 13.0 Å². The summed E-state index contributed by atoms with van der Waals surface area (Å²) in [6.07, 6.45) is -2.13. The van der Waals surface area contributed by atoms with Gasteiger partial charge in [0.15, 0.2) is 0 Å². The van der Waals surface area contributed by atoms with Gasteiger partial charge in [-0.3, -0.25) is 9.59 Å². The molecule has 0 radical (unpaired) electrons. The second kappa shape index (κ2) is 9.02. The smallest absolute Gasteiger partial charge is 0.481 e. The summed E-state index contributed by atoms with van der Waals surface area (Å²) in [6.45, 7) is 0.298. The highest BCUT2D eigenvalue weighted by atomic mass is 19.4. The average Bonchev–Trinajstić information content (AvgIpc) is 2.44. The molecular formula is C15H18F3NO4. The van der Waals surface area contributed by atoms with Crippen molar-refractivity contribution in [3.63, 3.8) is 0 Å². The monoisotopic (exact) mass is 333 g/mol. The van der Waals surface area contributed by atoms with Crippen molar-refractivity contribution in [2.45, 2.75) is 38.5 Å². The lowest BCUT2D eigenvalue weighted by Crippen LogP contribution is -2.26. The van der Waals surface area contributed by atoms with Gasteiger partial charge in [0.05, 0.1) is 5.56 Å². The van der Waals surface area contributed by atoms with Crippen LogP contribution in [0.5, 0.6) is 5.75 Å². The van der Waals surface area contributed by atoms with Crippen molar-refractivity contribution in [1.82, 2.24) is 5.32 Å². The lowest BCUT2D eigenvalue weighted by atomic mass is 10.1. The Hall–Kier alpha value is -2.25. The molecule has 1 rings (SSSR count). The predicted molar refractivity (Wildman–Crippen MR) is 76.2 cm³/mol. The molecule has 8 heteroatoms. The highest BCUT2D eigenvalue weighted by molar-refractivity contribution is 5.96. The van der Waals surface area contributed by atoms with Crippen LogP contribution in [0.3, 0.4) is 0 Å². The van der Waals surface area contributed by atoms with Crippen LogP contribution in [0.15, 0.2) is 24.3 Å². The van der Waals surface area contributed by atoms with Crippen LogP contribution in [0.4, 0.5) is 13.2 Å². The number of para-hydroxylation sites is 1. The van der Waals surface area contributed by atoms with Crippen LogP contribution in [0.25, 0.3) is 0 Å². The van der Waals surface area contributed by atoms with Crippen LogP contribution in [0, 0.1) is 0 Å². The molecule has 5 nitrogen and oxygen atoms in total. The number of ether oxygens (including phenoxy) is 1. The van der Waals surface area contributed by atoms with Gasteiger partial charge in [-0.2, -0.15) is 0 Å². The predicted octanol–water partition coefficient (Wildman–Crippen LogP) is 3.35. The number of hydrogen-bond acceptors (Lipinski definition) is 3. The quantitative estimate of drug-likeness (QED) is 0.680. The van der Waals surface area contributed by atoms with E-state index < -0.39 is 24.0 Å². The molecule has 2 N–H and O–H groups in total. The molecule has 0 heterocycles. The van der Waals surface area contributed by atoms with Crippen LogP contribution >= 0.6 is 0 Å². The maximum Gasteiger partial charge on any atom is 0.573 e. The van der Waals surface area contributed by atoms with Crippen LogP contribution in [-0.4, -0.2) is 29.9 Å². The number of amides is 1. The summed E-state index contributed by atoms with van der Waals surface area (Å²) in [5, 5.41) is 11.0. The summed E-state index contributed by atoms with van der Waals surface area (Å²) in [6, 6.07) is 5.13. The molecule has 0 aliphatic rings. The van der Waals surface area contributed by atoms with E-state index in [1.54, 1.807) is 0 Å². The van der Waals surface area contributed by atoms with E-state index in [1.165, 1.54) is 18.2 Å². The normalized spacial score (nSPS) is 11.1. The molecule has 0 aromatic heterocycles. The van der Waals surface area contributed by atoms with Crippen LogP contribution in [0.1, 0.15) is 42.5 Å². The summed E-state index contributed by atoms with van der Waals surface area (Å²) in [7, 11) is 0. The zero-order valence-corrected chi connectivity index (χ0v) is 12.4. The first-order chi connectivity index (χ1) is 10.8. The van der Waals surface area contributed by atoms with E-state index >= 15 is 0 Å². The van der Waals surface area contributed by atoms with Gasteiger partial charge in [-0.25, -0.2) is 0 Å². The van der Waals surface area contributed by atoms with E-state index in [0.717, 1.165) is 18.9 Å². The largest absolute Gasteiger partial charge is 0.573 e. The summed E-state index contributed by atoms with van der Waals surface area (Å²) in [5.41, 5.74) is -0.185. The molecule has 1 aromatic carbocycles. The fourth-order valence-corrected chi connectivity index (χ4v) is 1.92. The fourth-order valence-electron chi connectivity index (χ4n) is 1.92. The third-order valence-corrected chi connectivity index (χ3v) is 2.96. The first-order valence-corrected chi connectivity index (χ1v) is 7.14. The Labute approximate surface area is 131 Å². The number of alkyl halides is 3. The first-order valence-electron chi connectivity index (χ1n) is 7.14. The Kier molecular flexibility index (Phi) is 7.37. The van der Waals surface area contributed by atoms with Crippen LogP contribution < -0.4 is 10.1 Å². The van der Waals surface area contributed by atoms with E-state index in [0.29, 0.717) is 19.4 Å². The van der Waals surface area contributed by atoms with E-state index in [-0.39, 0.29) is 12.0 Å². The second-order valence-electron chi connectivity index (χ2n) is 4.86. The Morgan fingerprint density at radius 2 is 1.74 bits per heavy atom. The van der Waals surface area contributed by atoms with E-state index in [1.807, 2.05) is 0 Å². The molecule has 0 atom stereocenters. The molecule has 0 spiro atoms. The van der Waals surface area contributed by atoms with Crippen molar-refractivity contribution < 1.29 is 32.6 Å². The number of carbonyl (C=O) groups is 2. The van der Waals surface area contributed by atoms with Gasteiger partial charge in [0.25, 0.3) is 5.91 Å². The van der Waals surface area contributed by atoms with Crippen molar-refractivity contribution >= 4 is 11.9 Å². The highest BCUT2D eigenvalue weighted by Gasteiger charge is 2.32. The van der Waals surface area contributed by atoms with E-state index in [4.69, 9.17) is 5.11 Å². The topological polar surface area (TPSA) is 75.6 Å². The zero-order chi connectivity index (χ0) is 17.3. The Balaban J connectivity index is 2.39. The standard InChI is InChI=1S/C15H18F3NO4/c16-15(17,18)23-12-8-5-4-7-11(12)14(22)19-10-6-2-1-3-9-13(20)21/h4-5,7-8H,1-3,6,9-10H2,(H,19,22)(H,20,21). The third kappa shape index (κ3) is 8.08. The first kappa shape index (κ1) is 18.8. The molecule has 0 aliphatic carbocycles. The van der Waals surface area contributed by atoms with Gasteiger partial charge >= 0.3 is 12.3 Å². The van der Waals surface area contributed by atoms with Crippen LogP contribution in [0.2, 0.25) is 0 Å². The Bertz CT molecular complexity index is 532. The molecule has 1 aromatic rings. The number of halogens is 3. The molecule has 0 saturated carbocycles. The van der Waals surface area contributed by atoms with Crippen LogP contribution in [-0.2, 0) is 4.79 Å². The van der Waals surface area contributed by atoms with Gasteiger partial charge in [0.1, 0.15) is 5.75 Å². The number of benzene rings is 1. The summed E-state index contributed by atoms with van der Waals surface area (Å²) in [4.78, 5) is 22.2. The zero-order valence-electron chi connectivity index (χ0n) is 12.4. The minimum Gasteiger partial charge on any atom is -0.481 e. The minimum atomic E-state index is -4.86. The molecule has 0 bridgehead atoms. The number of carboxylic acid groups (broad SMARTS) is 1. The molecule has 0 saturated heterocycles. The lowest BCUT2D eigenvalue weighted by Gasteiger charge is -2.13. The number of unbranched alkanes of at least 4 members (excludes halogenated alkanes) is 3. The highest BCUT2D eigenvalue weighted by Crippen LogP contribution is 2.26. The summed E-state index contributed by atoms with van der Waals surface area (Å²) >= 11 is 0. The molecule has 128 valence electrons. The number of rotatable bonds is 9. The van der Waals surface area contributed by atoms with Crippen molar-refractivity contribution in [2.75, 3.05) is 6.54 Å². The van der Waals surface area contributed by atoms with Crippen molar-refractivity contribution in [2.24, 2.45) is 0 Å². The number of hydrogen-bond donors (Lipinski definition) is 2. The fraction of sp³-hybridized carbons (Fsp3) is 0.467. The maximum absolute atomic E-state index is 12.3. The SMILES string of the molecule is O=C(O)CCCCCCNC(=O)c1ccccc1OC(F)(F)F. The summed E-state index contributed by atoms with van der Waals surface area (Å²) in [5.74, 6) is -2.03. The van der Waals surface area contributed by atoms with E-state index in [2.05, 4.69) is 10.1 Å². The van der Waals surface area contributed by atoms with Crippen molar-refractivity contribution in [1.29, 1.82) is 0 Å². The van der Waals surface area contributed by atoms with Gasteiger partial charge in [-0.05, 0) is 25.0 Å². The molecule has 0 unspecified atom stereocenters. The molecular weight excluding hydrogens is 315 g/mol. The third-order valence-electron chi connectivity index (χ3n) is 2.96. The minimum absolute atomic E-state index is 0.106. The molecule has 0 fully saturated rings. The molecule has 0 aliphatic heterocycles. The summed E-state index contributed by atoms with van der Waals surface area (Å²) < 4.78 is 40.6. The van der Waals surface area contributed by atoms with Gasteiger partial charge in [-0.1, -0.05) is 25.0 Å². The Morgan fingerprint density at radius 1 is 1.09 bits per heavy atom. The van der Waals surface area contributed by atoms with Gasteiger partial charge in [0.2, 0.25) is 0 Å². The number of aliphatic carboxylic acids is 1. The number of nitrogens with one attached hydrogen (secondary N) is 1. The Morgan fingerprint density at radius 3 is 2.39 bits per heavy atom. The molecule has 23 heavy (non-hydrogen) atoms. The lowest BCUT2D eigenvalue weighted by molar-refractivity contribution is -0.274. The maximum atomic E-state index is 12.3. The van der Waals surface area contributed by atoms with Crippen molar-refractivity contribution in [3.05, 3.63) is 29.8 Å². The van der Waals surface area contributed by atoms with Gasteiger partial charge < -0.3 is 15.2 Å². The average molecular weight is 333 g/mol. The second-order valence-corrected chi connectivity index (χ2v) is 4.86. The van der Waals surface area contributed by atoms with E-state index in [9.17, 15) is 22.8 Å². The molecule has 1 amide bonds. The number of carboxylic acids is 1. The van der Waals surface area contributed by atoms with Crippen molar-refractivity contribution in [3.8, 4) is 5.75 Å². The number of carbonyl (C=O) groups excluding carboxylic acids is 1.